The van der Waals surface area contributed by atoms with Crippen molar-refractivity contribution in [2.24, 2.45) is 5.73 Å². The third-order valence-electron chi connectivity index (χ3n) is 2.27. The summed E-state index contributed by atoms with van der Waals surface area (Å²) < 4.78 is 4.60. The summed E-state index contributed by atoms with van der Waals surface area (Å²) in [6, 6.07) is -0.263. The van der Waals surface area contributed by atoms with E-state index in [1.54, 1.807) is 0 Å². The van der Waals surface area contributed by atoms with Gasteiger partial charge >= 0.3 is 6.09 Å². The molecule has 5 heteroatoms. The minimum absolute atomic E-state index is 0.0464. The Morgan fingerprint density at radius 2 is 2.31 bits per heavy atom. The maximum atomic E-state index is 11.2. The van der Waals surface area contributed by atoms with E-state index in [1.807, 2.05) is 0 Å². The molecule has 0 radical (unpaired) electrons. The summed E-state index contributed by atoms with van der Waals surface area (Å²) in [5.41, 5.74) is 5.38. The summed E-state index contributed by atoms with van der Waals surface area (Å²) in [7, 11) is 1.34. The number of hydrogen-bond acceptors (Lipinski definition) is 3. The van der Waals surface area contributed by atoms with Crippen LogP contribution in [0, 0.1) is 5.41 Å². The van der Waals surface area contributed by atoms with E-state index in [4.69, 9.17) is 11.1 Å². The lowest BCUT2D eigenvalue weighted by molar-refractivity contribution is 0.104. The molecule has 1 saturated heterocycles. The van der Waals surface area contributed by atoms with Crippen molar-refractivity contribution in [3.63, 3.8) is 0 Å². The number of rotatable bonds is 1. The van der Waals surface area contributed by atoms with E-state index in [0.717, 1.165) is 19.3 Å². The molecule has 1 amide bonds. The molecule has 0 bridgehead atoms. The molecule has 0 aliphatic carbocycles. The molecular formula is C8H15N3O2. The number of nitrogens with one attached hydrogen (secondary N) is 1. The highest BCUT2D eigenvalue weighted by Gasteiger charge is 2.29. The van der Waals surface area contributed by atoms with Crippen LogP contribution in [-0.4, -0.2) is 36.5 Å². The zero-order valence-corrected chi connectivity index (χ0v) is 7.75. The number of methoxy groups -OCH3 is 1. The molecule has 1 aliphatic heterocycles. The summed E-state index contributed by atoms with van der Waals surface area (Å²) in [6.07, 6.45) is 2.35. The molecule has 5 nitrogen and oxygen atoms in total. The fraction of sp³-hybridized carbons (Fsp3) is 0.750. The molecule has 1 fully saturated rings. The number of nitrogens with zero attached hydrogens (tertiary/aromatic N) is 1. The topological polar surface area (TPSA) is 79.4 Å². The third kappa shape index (κ3) is 2.11. The zero-order valence-electron chi connectivity index (χ0n) is 7.75. The van der Waals surface area contributed by atoms with Gasteiger partial charge in [-0.05, 0) is 19.3 Å². The van der Waals surface area contributed by atoms with Crippen molar-refractivity contribution in [1.29, 1.82) is 5.41 Å². The molecule has 1 heterocycles. The monoisotopic (exact) mass is 185 g/mol. The minimum atomic E-state index is -0.389. The highest BCUT2D eigenvalue weighted by Crippen LogP contribution is 2.17. The second-order valence-electron chi connectivity index (χ2n) is 3.13. The van der Waals surface area contributed by atoms with Gasteiger partial charge in [0.15, 0.2) is 0 Å². The highest BCUT2D eigenvalue weighted by atomic mass is 16.5. The van der Waals surface area contributed by atoms with Crippen LogP contribution in [0.4, 0.5) is 4.79 Å². The van der Waals surface area contributed by atoms with E-state index in [1.165, 1.54) is 12.0 Å². The van der Waals surface area contributed by atoms with Gasteiger partial charge in [-0.15, -0.1) is 0 Å². The lowest BCUT2D eigenvalue weighted by atomic mass is 10.0. The maximum Gasteiger partial charge on any atom is 0.410 e. The summed E-state index contributed by atoms with van der Waals surface area (Å²) in [4.78, 5) is 12.8. The number of hydrogen-bond donors (Lipinski definition) is 2. The smallest absolute Gasteiger partial charge is 0.410 e. The van der Waals surface area contributed by atoms with E-state index in [9.17, 15) is 4.79 Å². The summed E-state index contributed by atoms with van der Waals surface area (Å²) >= 11 is 0. The highest BCUT2D eigenvalue weighted by molar-refractivity contribution is 5.86. The Bertz CT molecular complexity index is 217. The molecule has 13 heavy (non-hydrogen) atoms. The van der Waals surface area contributed by atoms with Gasteiger partial charge in [0, 0.05) is 6.54 Å². The van der Waals surface area contributed by atoms with Crippen LogP contribution < -0.4 is 5.73 Å². The maximum absolute atomic E-state index is 11.2. The van der Waals surface area contributed by atoms with Gasteiger partial charge in [0.2, 0.25) is 0 Å². The molecule has 74 valence electrons. The minimum Gasteiger partial charge on any atom is -0.453 e. The zero-order chi connectivity index (χ0) is 9.84. The molecule has 0 aromatic carbocycles. The fourth-order valence-electron chi connectivity index (χ4n) is 1.59. The first-order chi connectivity index (χ1) is 6.16. The predicted molar refractivity (Wildman–Crippen MR) is 48.7 cm³/mol. The van der Waals surface area contributed by atoms with Crippen LogP contribution in [0.1, 0.15) is 19.3 Å². The van der Waals surface area contributed by atoms with Crippen molar-refractivity contribution in [3.8, 4) is 0 Å². The lowest BCUT2D eigenvalue weighted by Crippen LogP contribution is -2.50. The van der Waals surface area contributed by atoms with Gasteiger partial charge in [0.25, 0.3) is 0 Å². The number of ether oxygens (including phenoxy) is 1. The second kappa shape index (κ2) is 4.11. The average Bonchev–Trinajstić information content (AvgIpc) is 2.16. The van der Waals surface area contributed by atoms with E-state index in [2.05, 4.69) is 4.74 Å². The largest absolute Gasteiger partial charge is 0.453 e. The van der Waals surface area contributed by atoms with Gasteiger partial charge in [-0.25, -0.2) is 4.79 Å². The molecule has 1 atom stereocenters. The molecule has 1 aliphatic rings. The van der Waals surface area contributed by atoms with Crippen molar-refractivity contribution in [2.45, 2.75) is 25.3 Å². The molecule has 0 aromatic heterocycles. The fourth-order valence-corrected chi connectivity index (χ4v) is 1.59. The standard InChI is InChI=1S/C8H15N3O2/c1-13-8(12)11-5-3-2-4-6(11)7(9)10/h6H,2-5H2,1H3,(H3,9,10). The number of amidine groups is 1. The Morgan fingerprint density at radius 3 is 2.85 bits per heavy atom. The van der Waals surface area contributed by atoms with Crippen LogP contribution >= 0.6 is 0 Å². The SMILES string of the molecule is COC(=O)N1CCCCC1C(=N)N. The van der Waals surface area contributed by atoms with Gasteiger partial charge in [-0.1, -0.05) is 0 Å². The molecular weight excluding hydrogens is 170 g/mol. The van der Waals surface area contributed by atoms with Crippen molar-refractivity contribution in [3.05, 3.63) is 0 Å². The first kappa shape index (κ1) is 9.83. The van der Waals surface area contributed by atoms with Crippen LogP contribution in [-0.2, 0) is 4.74 Å². The Balaban J connectivity index is 2.67. The summed E-state index contributed by atoms with van der Waals surface area (Å²) in [5.74, 6) is 0.0464. The number of nitrogens with two attached hydrogens (primary N) is 1. The van der Waals surface area contributed by atoms with Crippen LogP contribution in [0.15, 0.2) is 0 Å². The lowest BCUT2D eigenvalue weighted by Gasteiger charge is -2.33. The number of likely N-dealkylation sites (tertiary alicyclic amines) is 1. The Hall–Kier alpha value is -1.26. The first-order valence-corrected chi connectivity index (χ1v) is 4.35. The number of amides is 1. The molecule has 0 saturated carbocycles. The van der Waals surface area contributed by atoms with Crippen molar-refractivity contribution in [1.82, 2.24) is 4.90 Å². The second-order valence-corrected chi connectivity index (χ2v) is 3.13. The van der Waals surface area contributed by atoms with Crippen LogP contribution in [0.2, 0.25) is 0 Å². The number of piperidine rings is 1. The van der Waals surface area contributed by atoms with Crippen LogP contribution in [0.25, 0.3) is 0 Å². The Morgan fingerprint density at radius 1 is 1.62 bits per heavy atom. The molecule has 1 rings (SSSR count). The quantitative estimate of drug-likeness (QED) is 0.462. The molecule has 0 aromatic rings. The van der Waals surface area contributed by atoms with Gasteiger partial charge in [0.05, 0.1) is 13.2 Å². The van der Waals surface area contributed by atoms with Crippen molar-refractivity contribution in [2.75, 3.05) is 13.7 Å². The Labute approximate surface area is 77.3 Å². The van der Waals surface area contributed by atoms with Crippen molar-refractivity contribution < 1.29 is 9.53 Å². The van der Waals surface area contributed by atoms with Gasteiger partial charge in [0.1, 0.15) is 5.84 Å². The van der Waals surface area contributed by atoms with E-state index < -0.39 is 0 Å². The van der Waals surface area contributed by atoms with Crippen LogP contribution in [0.5, 0.6) is 0 Å². The van der Waals surface area contributed by atoms with E-state index in [-0.39, 0.29) is 18.0 Å². The van der Waals surface area contributed by atoms with Gasteiger partial charge < -0.3 is 10.5 Å². The molecule has 1 unspecified atom stereocenters. The summed E-state index contributed by atoms with van der Waals surface area (Å²) in [6.45, 7) is 0.636. The van der Waals surface area contributed by atoms with Gasteiger partial charge in [-0.3, -0.25) is 10.3 Å². The predicted octanol–water partition coefficient (Wildman–Crippen LogP) is 0.543. The molecule has 3 N–H and O–H groups in total. The van der Waals surface area contributed by atoms with Gasteiger partial charge in [-0.2, -0.15) is 0 Å². The number of carbonyl (C=O) groups is 1. The first-order valence-electron chi connectivity index (χ1n) is 4.35. The molecule has 0 spiro atoms. The van der Waals surface area contributed by atoms with Crippen molar-refractivity contribution >= 4 is 11.9 Å². The van der Waals surface area contributed by atoms with Crippen LogP contribution in [0.3, 0.4) is 0 Å². The Kier molecular flexibility index (Phi) is 3.11. The van der Waals surface area contributed by atoms with E-state index in [0.29, 0.717) is 6.54 Å². The average molecular weight is 185 g/mol. The third-order valence-corrected chi connectivity index (χ3v) is 2.27. The normalized spacial score (nSPS) is 22.5. The summed E-state index contributed by atoms with van der Waals surface area (Å²) in [5, 5.41) is 7.32. The number of carbonyl (C=O) groups excluding carboxylic acids is 1. The van der Waals surface area contributed by atoms with E-state index >= 15 is 0 Å².